The first-order valence-electron chi connectivity index (χ1n) is 14.7. The van der Waals surface area contributed by atoms with Crippen LogP contribution >= 0.6 is 0 Å². The van der Waals surface area contributed by atoms with Crippen molar-refractivity contribution in [2.24, 2.45) is 13.0 Å². The predicted molar refractivity (Wildman–Crippen MR) is 151 cm³/mol. The van der Waals surface area contributed by atoms with Crippen molar-refractivity contribution in [2.45, 2.75) is 76.0 Å². The van der Waals surface area contributed by atoms with Gasteiger partial charge in [-0.2, -0.15) is 8.78 Å². The standard InChI is InChI=1S/C31H36F2N6O2/c1-19-5-4-10-38(15-19)16-22-12-25-26(20-8-9-20)17-39(28(40)27(25)35-22)23-7-3-6-21(11-23)31(29-36-34-18-37(29)2)13-24(14-31)41-30(32)33/h3,6-7,11-12,17-20,24,30,35H,4-5,8-10,13-16H2,1-2H3/t19-,24?,31?/m0/s1. The van der Waals surface area contributed by atoms with Crippen LogP contribution in [0.25, 0.3) is 16.6 Å². The summed E-state index contributed by atoms with van der Waals surface area (Å²) in [4.78, 5) is 19.9. The van der Waals surface area contributed by atoms with Gasteiger partial charge in [-0.25, -0.2) is 0 Å². The number of fused-ring (bicyclic) bond motifs is 1. The molecule has 2 saturated carbocycles. The van der Waals surface area contributed by atoms with Crippen molar-refractivity contribution in [3.63, 3.8) is 0 Å². The number of halogens is 2. The highest BCUT2D eigenvalue weighted by Crippen LogP contribution is 2.50. The molecule has 4 aromatic rings. The molecule has 1 aliphatic heterocycles. The number of benzene rings is 1. The van der Waals surface area contributed by atoms with Crippen LogP contribution in [0.4, 0.5) is 8.78 Å². The maximum absolute atomic E-state index is 14.0. The van der Waals surface area contributed by atoms with Gasteiger partial charge >= 0.3 is 6.61 Å². The lowest BCUT2D eigenvalue weighted by atomic mass is 9.62. The van der Waals surface area contributed by atoms with Gasteiger partial charge in [0.05, 0.1) is 11.5 Å². The molecule has 1 N–H and O–H groups in total. The third-order valence-electron chi connectivity index (χ3n) is 9.30. The molecule has 3 fully saturated rings. The maximum atomic E-state index is 14.0. The number of ether oxygens (including phenoxy) is 1. The van der Waals surface area contributed by atoms with Crippen molar-refractivity contribution < 1.29 is 13.5 Å². The van der Waals surface area contributed by atoms with E-state index in [0.717, 1.165) is 54.8 Å². The third-order valence-corrected chi connectivity index (χ3v) is 9.30. The molecular weight excluding hydrogens is 526 g/mol. The zero-order valence-corrected chi connectivity index (χ0v) is 23.5. The van der Waals surface area contributed by atoms with Gasteiger partial charge in [0, 0.05) is 43.1 Å². The van der Waals surface area contributed by atoms with Crippen LogP contribution in [0.15, 0.2) is 47.7 Å². The average Bonchev–Trinajstić information content (AvgIpc) is 3.54. The molecule has 41 heavy (non-hydrogen) atoms. The van der Waals surface area contributed by atoms with Crippen LogP contribution in [0.1, 0.15) is 74.0 Å². The Labute approximate surface area is 237 Å². The minimum absolute atomic E-state index is 0.0833. The third kappa shape index (κ3) is 4.80. The number of hydrogen-bond donors (Lipinski definition) is 1. The number of alkyl halides is 2. The summed E-state index contributed by atoms with van der Waals surface area (Å²) in [7, 11) is 1.86. The van der Waals surface area contributed by atoms with E-state index in [1.807, 2.05) is 42.1 Å². The van der Waals surface area contributed by atoms with Crippen LogP contribution in [-0.2, 0) is 23.7 Å². The first-order valence-corrected chi connectivity index (χ1v) is 14.7. The van der Waals surface area contributed by atoms with Crippen LogP contribution in [0.5, 0.6) is 0 Å². The van der Waals surface area contributed by atoms with Crippen molar-refractivity contribution in [1.82, 2.24) is 29.2 Å². The second kappa shape index (κ2) is 10.2. The molecular formula is C31H36F2N6O2. The molecule has 10 heteroatoms. The van der Waals surface area contributed by atoms with Gasteiger partial charge in [0.1, 0.15) is 17.7 Å². The van der Waals surface area contributed by atoms with Gasteiger partial charge in [0.2, 0.25) is 0 Å². The molecule has 0 bridgehead atoms. The van der Waals surface area contributed by atoms with Gasteiger partial charge in [-0.3, -0.25) is 14.3 Å². The van der Waals surface area contributed by atoms with Gasteiger partial charge in [0.15, 0.2) is 0 Å². The predicted octanol–water partition coefficient (Wildman–Crippen LogP) is 5.24. The number of hydrogen-bond acceptors (Lipinski definition) is 5. The smallest absolute Gasteiger partial charge is 0.345 e. The number of piperidine rings is 1. The summed E-state index contributed by atoms with van der Waals surface area (Å²) in [6.45, 7) is 2.47. The monoisotopic (exact) mass is 562 g/mol. The van der Waals surface area contributed by atoms with Gasteiger partial charge in [-0.05, 0) is 86.2 Å². The zero-order valence-electron chi connectivity index (χ0n) is 23.5. The number of H-pyrrole nitrogens is 1. The summed E-state index contributed by atoms with van der Waals surface area (Å²) in [5, 5.41) is 9.45. The number of pyridine rings is 1. The first-order chi connectivity index (χ1) is 19.8. The average molecular weight is 563 g/mol. The number of aryl methyl sites for hydroxylation is 1. The number of likely N-dealkylation sites (tertiary alicyclic amines) is 1. The van der Waals surface area contributed by atoms with E-state index in [2.05, 4.69) is 33.1 Å². The van der Waals surface area contributed by atoms with Crippen molar-refractivity contribution in [3.8, 4) is 5.69 Å². The Balaban J connectivity index is 1.27. The number of nitrogens with one attached hydrogen (secondary N) is 1. The molecule has 8 nitrogen and oxygen atoms in total. The van der Waals surface area contributed by atoms with Crippen LogP contribution in [0, 0.1) is 5.92 Å². The van der Waals surface area contributed by atoms with Crippen LogP contribution in [0.2, 0.25) is 0 Å². The maximum Gasteiger partial charge on any atom is 0.345 e. The summed E-state index contributed by atoms with van der Waals surface area (Å²) in [5.74, 6) is 1.85. The Bertz CT molecular complexity index is 1630. The lowest BCUT2D eigenvalue weighted by molar-refractivity contribution is -0.192. The highest BCUT2D eigenvalue weighted by Gasteiger charge is 2.51. The lowest BCUT2D eigenvalue weighted by Gasteiger charge is -2.46. The Morgan fingerprint density at radius 2 is 2.02 bits per heavy atom. The summed E-state index contributed by atoms with van der Waals surface area (Å²) < 4.78 is 34.4. The van der Waals surface area contributed by atoms with E-state index < -0.39 is 18.1 Å². The van der Waals surface area contributed by atoms with Crippen LogP contribution in [-0.4, -0.2) is 55.0 Å². The minimum atomic E-state index is -2.82. The molecule has 0 spiro atoms. The largest absolute Gasteiger partial charge is 0.353 e. The molecule has 2 aliphatic carbocycles. The minimum Gasteiger partial charge on any atom is -0.353 e. The summed E-state index contributed by atoms with van der Waals surface area (Å²) in [6, 6.07) is 10.0. The van der Waals surface area contributed by atoms with Crippen molar-refractivity contribution in [3.05, 3.63) is 75.9 Å². The SMILES string of the molecule is C[C@H]1CCCN(Cc2cc3c(C4CC4)cn(-c4cccc(C5(c6nncn6C)CC(OC(F)F)C5)c4)c(=O)c3[nH]2)C1. The Kier molecular flexibility index (Phi) is 6.58. The van der Waals surface area contributed by atoms with Gasteiger partial charge < -0.3 is 14.3 Å². The Morgan fingerprint density at radius 1 is 1.20 bits per heavy atom. The summed E-state index contributed by atoms with van der Waals surface area (Å²) >= 11 is 0. The second-order valence-corrected chi connectivity index (χ2v) is 12.4. The molecule has 0 amide bonds. The molecule has 0 radical (unpaired) electrons. The summed E-state index contributed by atoms with van der Waals surface area (Å²) in [5.41, 5.74) is 3.89. The topological polar surface area (TPSA) is 81.0 Å². The fourth-order valence-corrected chi connectivity index (χ4v) is 7.14. The van der Waals surface area contributed by atoms with E-state index in [1.54, 1.807) is 10.9 Å². The second-order valence-electron chi connectivity index (χ2n) is 12.4. The fraction of sp³-hybridized carbons (Fsp3) is 0.516. The van der Waals surface area contributed by atoms with E-state index in [0.29, 0.717) is 36.0 Å². The molecule has 1 saturated heterocycles. The van der Waals surface area contributed by atoms with Crippen LogP contribution < -0.4 is 5.56 Å². The lowest BCUT2D eigenvalue weighted by Crippen LogP contribution is -2.49. The first kappa shape index (κ1) is 26.5. The molecule has 7 rings (SSSR count). The molecule has 216 valence electrons. The van der Waals surface area contributed by atoms with Crippen molar-refractivity contribution in [1.29, 1.82) is 0 Å². The quantitative estimate of drug-likeness (QED) is 0.318. The Morgan fingerprint density at radius 3 is 2.73 bits per heavy atom. The zero-order chi connectivity index (χ0) is 28.3. The van der Waals surface area contributed by atoms with Crippen LogP contribution in [0.3, 0.4) is 0 Å². The molecule has 3 aromatic heterocycles. The number of aromatic nitrogens is 5. The molecule has 1 aromatic carbocycles. The van der Waals surface area contributed by atoms with E-state index >= 15 is 0 Å². The normalized spacial score (nSPS) is 25.2. The fourth-order valence-electron chi connectivity index (χ4n) is 7.14. The van der Waals surface area contributed by atoms with Gasteiger partial charge in [0.25, 0.3) is 5.56 Å². The van der Waals surface area contributed by atoms with Crippen molar-refractivity contribution >= 4 is 10.9 Å². The van der Waals surface area contributed by atoms with E-state index in [1.165, 1.54) is 18.4 Å². The Hall–Kier alpha value is -3.37. The van der Waals surface area contributed by atoms with E-state index in [-0.39, 0.29) is 5.56 Å². The highest BCUT2D eigenvalue weighted by molar-refractivity contribution is 5.84. The number of aromatic amines is 1. The molecule has 1 atom stereocenters. The summed E-state index contributed by atoms with van der Waals surface area (Å²) in [6.07, 6.45) is 8.52. The molecule has 3 aliphatic rings. The van der Waals surface area contributed by atoms with Crippen molar-refractivity contribution in [2.75, 3.05) is 13.1 Å². The number of rotatable bonds is 8. The van der Waals surface area contributed by atoms with Gasteiger partial charge in [-0.1, -0.05) is 19.1 Å². The highest BCUT2D eigenvalue weighted by atomic mass is 19.3. The molecule has 0 unspecified atom stereocenters. The molecule has 4 heterocycles. The van der Waals surface area contributed by atoms with E-state index in [4.69, 9.17) is 4.74 Å². The van der Waals surface area contributed by atoms with Gasteiger partial charge in [-0.15, -0.1) is 10.2 Å². The van der Waals surface area contributed by atoms with E-state index in [9.17, 15) is 13.6 Å². The number of nitrogens with zero attached hydrogens (tertiary/aromatic N) is 5.